The van der Waals surface area contributed by atoms with Gasteiger partial charge in [-0.25, -0.2) is 9.67 Å². The summed E-state index contributed by atoms with van der Waals surface area (Å²) in [4.78, 5) is 16.9. The first-order chi connectivity index (χ1) is 11.6. The number of halogens is 1. The lowest BCUT2D eigenvalue weighted by Gasteiger charge is -2.27. The van der Waals surface area contributed by atoms with Crippen LogP contribution >= 0.6 is 11.6 Å². The number of rotatable bonds is 5. The number of nitrogens with one attached hydrogen (secondary N) is 1. The zero-order valence-electron chi connectivity index (χ0n) is 13.6. The molecule has 1 saturated carbocycles. The van der Waals surface area contributed by atoms with Crippen molar-refractivity contribution in [1.82, 2.24) is 20.1 Å². The molecule has 2 aromatic rings. The Morgan fingerprint density at radius 2 is 2.08 bits per heavy atom. The maximum Gasteiger partial charge on any atom is 0.291 e. The molecule has 1 aliphatic carbocycles. The second-order valence-electron chi connectivity index (χ2n) is 6.17. The number of carbonyl (C=O) groups is 1. The largest absolute Gasteiger partial charge is 0.394 e. The van der Waals surface area contributed by atoms with Gasteiger partial charge in [0, 0.05) is 6.42 Å². The molecule has 0 atom stereocenters. The molecule has 0 radical (unpaired) electrons. The van der Waals surface area contributed by atoms with Gasteiger partial charge in [-0.15, -0.1) is 5.10 Å². The van der Waals surface area contributed by atoms with E-state index in [1.54, 1.807) is 10.7 Å². The van der Waals surface area contributed by atoms with Crippen molar-refractivity contribution in [3.63, 3.8) is 0 Å². The molecule has 1 amide bonds. The predicted molar refractivity (Wildman–Crippen MR) is 91.5 cm³/mol. The quantitative estimate of drug-likeness (QED) is 0.870. The van der Waals surface area contributed by atoms with Crippen molar-refractivity contribution < 1.29 is 9.90 Å². The fourth-order valence-electron chi connectivity index (χ4n) is 3.16. The third-order valence-corrected chi connectivity index (χ3v) is 4.84. The van der Waals surface area contributed by atoms with Gasteiger partial charge in [0.1, 0.15) is 5.82 Å². The van der Waals surface area contributed by atoms with Gasteiger partial charge < -0.3 is 10.4 Å². The molecule has 1 fully saturated rings. The number of hydrogen-bond donors (Lipinski definition) is 2. The van der Waals surface area contributed by atoms with E-state index in [0.29, 0.717) is 23.0 Å². The topological polar surface area (TPSA) is 80.0 Å². The fourth-order valence-corrected chi connectivity index (χ4v) is 3.37. The Hall–Kier alpha value is -1.92. The summed E-state index contributed by atoms with van der Waals surface area (Å²) in [7, 11) is 0. The van der Waals surface area contributed by atoms with Gasteiger partial charge in [-0.2, -0.15) is 0 Å². The minimum atomic E-state index is -0.542. The number of aromatic nitrogens is 3. The van der Waals surface area contributed by atoms with Crippen LogP contribution in [0.25, 0.3) is 5.69 Å². The molecule has 0 unspecified atom stereocenters. The van der Waals surface area contributed by atoms with E-state index in [1.807, 2.05) is 25.1 Å². The van der Waals surface area contributed by atoms with Gasteiger partial charge in [0.05, 0.1) is 22.9 Å². The van der Waals surface area contributed by atoms with Gasteiger partial charge in [-0.1, -0.05) is 43.5 Å². The van der Waals surface area contributed by atoms with Gasteiger partial charge in [0.15, 0.2) is 0 Å². The number of aryl methyl sites for hydroxylation is 1. The molecule has 7 heteroatoms. The first-order valence-electron chi connectivity index (χ1n) is 8.23. The zero-order chi connectivity index (χ0) is 17.2. The van der Waals surface area contributed by atoms with E-state index in [-0.39, 0.29) is 18.3 Å². The highest BCUT2D eigenvalue weighted by molar-refractivity contribution is 6.32. The Labute approximate surface area is 145 Å². The van der Waals surface area contributed by atoms with Gasteiger partial charge in [-0.3, -0.25) is 4.79 Å². The van der Waals surface area contributed by atoms with Crippen LogP contribution in [0.5, 0.6) is 0 Å². The monoisotopic (exact) mass is 348 g/mol. The molecule has 1 aromatic carbocycles. The average molecular weight is 349 g/mol. The summed E-state index contributed by atoms with van der Waals surface area (Å²) in [5.41, 5.74) is 0.152. The molecule has 128 valence electrons. The number of aliphatic hydroxyl groups excluding tert-OH is 1. The SMILES string of the molecule is CCc1nc(C(=O)NC2(CO)CCCC2)nn1-c1ccccc1Cl. The lowest BCUT2D eigenvalue weighted by atomic mass is 9.99. The van der Waals surface area contributed by atoms with E-state index < -0.39 is 5.54 Å². The van der Waals surface area contributed by atoms with E-state index in [2.05, 4.69) is 15.4 Å². The molecule has 2 N–H and O–H groups in total. The van der Waals surface area contributed by atoms with E-state index in [1.165, 1.54) is 0 Å². The first-order valence-corrected chi connectivity index (χ1v) is 8.60. The summed E-state index contributed by atoms with van der Waals surface area (Å²) < 4.78 is 1.61. The Morgan fingerprint density at radius 1 is 1.38 bits per heavy atom. The summed E-state index contributed by atoms with van der Waals surface area (Å²) in [5, 5.41) is 17.5. The van der Waals surface area contributed by atoms with Crippen LogP contribution in [0.3, 0.4) is 0 Å². The van der Waals surface area contributed by atoms with Crippen LogP contribution in [0.1, 0.15) is 49.1 Å². The predicted octanol–water partition coefficient (Wildman–Crippen LogP) is 2.52. The normalized spacial score (nSPS) is 16.3. The summed E-state index contributed by atoms with van der Waals surface area (Å²) in [6.07, 6.45) is 4.18. The van der Waals surface area contributed by atoms with Crippen LogP contribution in [0.15, 0.2) is 24.3 Å². The smallest absolute Gasteiger partial charge is 0.291 e. The zero-order valence-corrected chi connectivity index (χ0v) is 14.4. The van der Waals surface area contributed by atoms with Crippen molar-refractivity contribution in [3.8, 4) is 5.69 Å². The molecule has 1 aromatic heterocycles. The number of para-hydroxylation sites is 1. The number of hydrogen-bond acceptors (Lipinski definition) is 4. The molecule has 24 heavy (non-hydrogen) atoms. The van der Waals surface area contributed by atoms with Gasteiger partial charge in [0.25, 0.3) is 5.91 Å². The summed E-state index contributed by atoms with van der Waals surface area (Å²) in [5.74, 6) is 0.413. The number of amides is 1. The lowest BCUT2D eigenvalue weighted by molar-refractivity contribution is 0.0828. The van der Waals surface area contributed by atoms with Crippen LogP contribution < -0.4 is 5.32 Å². The summed E-state index contributed by atoms with van der Waals surface area (Å²) in [6.45, 7) is 1.88. The van der Waals surface area contributed by atoms with Crippen molar-refractivity contribution >= 4 is 17.5 Å². The number of benzene rings is 1. The summed E-state index contributed by atoms with van der Waals surface area (Å²) >= 11 is 6.24. The molecule has 1 heterocycles. The van der Waals surface area contributed by atoms with Gasteiger partial charge >= 0.3 is 0 Å². The maximum atomic E-state index is 12.6. The molecule has 0 saturated heterocycles. The highest BCUT2D eigenvalue weighted by Gasteiger charge is 2.35. The summed E-state index contributed by atoms with van der Waals surface area (Å²) in [6, 6.07) is 7.32. The van der Waals surface area contributed by atoms with Crippen LogP contribution in [0, 0.1) is 0 Å². The minimum Gasteiger partial charge on any atom is -0.394 e. The van der Waals surface area contributed by atoms with Crippen molar-refractivity contribution in [2.24, 2.45) is 0 Å². The lowest BCUT2D eigenvalue weighted by Crippen LogP contribution is -2.49. The fraction of sp³-hybridized carbons (Fsp3) is 0.471. The highest BCUT2D eigenvalue weighted by Crippen LogP contribution is 2.29. The molecular weight excluding hydrogens is 328 g/mol. The van der Waals surface area contributed by atoms with Gasteiger partial charge in [-0.05, 0) is 25.0 Å². The Bertz CT molecular complexity index is 738. The van der Waals surface area contributed by atoms with Gasteiger partial charge in [0.2, 0.25) is 5.82 Å². The van der Waals surface area contributed by atoms with E-state index in [9.17, 15) is 9.90 Å². The molecular formula is C17H21ClN4O2. The second-order valence-corrected chi connectivity index (χ2v) is 6.58. The number of nitrogens with zero attached hydrogens (tertiary/aromatic N) is 3. The van der Waals surface area contributed by atoms with E-state index in [0.717, 1.165) is 25.7 Å². The van der Waals surface area contributed by atoms with Crippen molar-refractivity contribution in [2.45, 2.75) is 44.6 Å². The molecule has 1 aliphatic rings. The molecule has 6 nitrogen and oxygen atoms in total. The molecule has 0 spiro atoms. The highest BCUT2D eigenvalue weighted by atomic mass is 35.5. The third kappa shape index (κ3) is 3.16. The van der Waals surface area contributed by atoms with Crippen LogP contribution in [-0.4, -0.2) is 37.9 Å². The van der Waals surface area contributed by atoms with E-state index in [4.69, 9.17) is 11.6 Å². The van der Waals surface area contributed by atoms with Crippen molar-refractivity contribution in [1.29, 1.82) is 0 Å². The first kappa shape index (κ1) is 16.9. The minimum absolute atomic E-state index is 0.0649. The van der Waals surface area contributed by atoms with Crippen LogP contribution in [0.2, 0.25) is 5.02 Å². The molecule has 0 aliphatic heterocycles. The van der Waals surface area contributed by atoms with E-state index >= 15 is 0 Å². The molecule has 3 rings (SSSR count). The average Bonchev–Trinajstić information content (AvgIpc) is 3.22. The Balaban J connectivity index is 1.90. The maximum absolute atomic E-state index is 12.6. The second kappa shape index (κ2) is 6.91. The standard InChI is InChI=1S/C17H21ClN4O2/c1-2-14-19-15(16(24)20-17(11-23)9-5-6-10-17)21-22(14)13-8-4-3-7-12(13)18/h3-4,7-8,23H,2,5-6,9-11H2,1H3,(H,20,24). The molecule has 0 bridgehead atoms. The third-order valence-electron chi connectivity index (χ3n) is 4.52. The van der Waals surface area contributed by atoms with Crippen molar-refractivity contribution in [3.05, 3.63) is 40.9 Å². The Morgan fingerprint density at radius 3 is 2.71 bits per heavy atom. The number of carbonyl (C=O) groups excluding carboxylic acids is 1. The number of aliphatic hydroxyl groups is 1. The van der Waals surface area contributed by atoms with Crippen LogP contribution in [-0.2, 0) is 6.42 Å². The Kier molecular flexibility index (Phi) is 4.87. The van der Waals surface area contributed by atoms with Crippen LogP contribution in [0.4, 0.5) is 0 Å². The van der Waals surface area contributed by atoms with Crippen molar-refractivity contribution in [2.75, 3.05) is 6.61 Å².